The summed E-state index contributed by atoms with van der Waals surface area (Å²) in [6.45, 7) is 7.42. The highest BCUT2D eigenvalue weighted by Crippen LogP contribution is 2.22. The van der Waals surface area contributed by atoms with Gasteiger partial charge in [0.15, 0.2) is 0 Å². The molecule has 0 aliphatic heterocycles. The van der Waals surface area contributed by atoms with Crippen LogP contribution in [-0.2, 0) is 26.2 Å². The maximum Gasteiger partial charge on any atom is 0.244 e. The van der Waals surface area contributed by atoms with E-state index in [0.717, 1.165) is 28.1 Å². The van der Waals surface area contributed by atoms with E-state index in [0.29, 0.717) is 17.1 Å². The Morgan fingerprint density at radius 2 is 1.65 bits per heavy atom. The number of carbonyl (C=O) groups is 2. The van der Waals surface area contributed by atoms with Gasteiger partial charge >= 0.3 is 0 Å². The van der Waals surface area contributed by atoms with Crippen LogP contribution in [0.15, 0.2) is 48.5 Å². The average Bonchev–Trinajstić information content (AvgIpc) is 2.78. The van der Waals surface area contributed by atoms with E-state index in [4.69, 9.17) is 11.6 Å². The lowest BCUT2D eigenvalue weighted by Gasteiger charge is -2.33. The zero-order chi connectivity index (χ0) is 25.5. The molecule has 0 fully saturated rings. The van der Waals surface area contributed by atoms with Crippen LogP contribution in [0.3, 0.4) is 0 Å². The minimum atomic E-state index is -3.77. The molecular formula is C25H34ClN3O4S. The van der Waals surface area contributed by atoms with Gasteiger partial charge in [-0.1, -0.05) is 49.7 Å². The molecule has 34 heavy (non-hydrogen) atoms. The number of hydrogen-bond donors (Lipinski definition) is 1. The molecule has 2 atom stereocenters. The maximum absolute atomic E-state index is 13.6. The Bertz CT molecular complexity index is 1090. The SMILES string of the molecule is CC[C@@H](C)NC(=O)[C@@H](CC)N(Cc1ccccc1C)C(=O)CN(c1ccc(Cl)cc1)S(C)(=O)=O. The van der Waals surface area contributed by atoms with Crippen LogP contribution in [0.1, 0.15) is 44.7 Å². The minimum absolute atomic E-state index is 0.0430. The average molecular weight is 508 g/mol. The van der Waals surface area contributed by atoms with Crippen molar-refractivity contribution in [2.24, 2.45) is 0 Å². The molecule has 1 N–H and O–H groups in total. The number of aryl methyl sites for hydroxylation is 1. The quantitative estimate of drug-likeness (QED) is 0.495. The van der Waals surface area contributed by atoms with Crippen molar-refractivity contribution in [1.29, 1.82) is 0 Å². The molecule has 0 aliphatic carbocycles. The fourth-order valence-electron chi connectivity index (χ4n) is 3.55. The molecule has 0 aromatic heterocycles. The van der Waals surface area contributed by atoms with Crippen LogP contribution in [0, 0.1) is 6.92 Å². The van der Waals surface area contributed by atoms with E-state index in [1.165, 1.54) is 4.90 Å². The Labute approximate surface area is 208 Å². The largest absolute Gasteiger partial charge is 0.352 e. The summed E-state index contributed by atoms with van der Waals surface area (Å²) in [7, 11) is -3.77. The van der Waals surface area contributed by atoms with Gasteiger partial charge in [-0.3, -0.25) is 13.9 Å². The lowest BCUT2D eigenvalue weighted by Crippen LogP contribution is -2.53. The van der Waals surface area contributed by atoms with Gasteiger partial charge in [-0.05, 0) is 62.1 Å². The Morgan fingerprint density at radius 3 is 2.18 bits per heavy atom. The predicted octanol–water partition coefficient (Wildman–Crippen LogP) is 4.14. The molecule has 9 heteroatoms. The normalized spacial score (nSPS) is 13.1. The highest BCUT2D eigenvalue weighted by atomic mass is 35.5. The van der Waals surface area contributed by atoms with Crippen molar-refractivity contribution in [2.75, 3.05) is 17.1 Å². The zero-order valence-corrected chi connectivity index (χ0v) is 22.0. The molecule has 0 spiro atoms. The number of nitrogens with zero attached hydrogens (tertiary/aromatic N) is 2. The molecule has 0 bridgehead atoms. The number of nitrogens with one attached hydrogen (secondary N) is 1. The highest BCUT2D eigenvalue weighted by molar-refractivity contribution is 7.92. The van der Waals surface area contributed by atoms with Crippen LogP contribution in [0.4, 0.5) is 5.69 Å². The first-order valence-electron chi connectivity index (χ1n) is 11.4. The molecular weight excluding hydrogens is 474 g/mol. The molecule has 186 valence electrons. The van der Waals surface area contributed by atoms with E-state index in [1.54, 1.807) is 24.3 Å². The number of anilines is 1. The standard InChI is InChI=1S/C25H34ClN3O4S/c1-6-19(4)27-25(31)23(7-2)28(16-20-11-9-8-10-18(20)3)24(30)17-29(34(5,32)33)22-14-12-21(26)13-15-22/h8-15,19,23H,6-7,16-17H2,1-5H3,(H,27,31)/t19-,23-/m1/s1. The molecule has 0 aliphatic rings. The van der Waals surface area contributed by atoms with E-state index in [2.05, 4.69) is 5.32 Å². The van der Waals surface area contributed by atoms with E-state index in [-0.39, 0.29) is 18.5 Å². The number of halogens is 1. The summed E-state index contributed by atoms with van der Waals surface area (Å²) in [5, 5.41) is 3.41. The number of hydrogen-bond acceptors (Lipinski definition) is 4. The molecule has 0 saturated heterocycles. The summed E-state index contributed by atoms with van der Waals surface area (Å²) < 4.78 is 26.2. The molecule has 0 unspecified atom stereocenters. The van der Waals surface area contributed by atoms with Crippen LogP contribution in [-0.4, -0.2) is 50.0 Å². The monoisotopic (exact) mass is 507 g/mol. The topological polar surface area (TPSA) is 86.8 Å². The van der Waals surface area contributed by atoms with Gasteiger partial charge < -0.3 is 10.2 Å². The predicted molar refractivity (Wildman–Crippen MR) is 137 cm³/mol. The fourth-order valence-corrected chi connectivity index (χ4v) is 4.53. The lowest BCUT2D eigenvalue weighted by atomic mass is 10.1. The van der Waals surface area contributed by atoms with Gasteiger partial charge in [-0.25, -0.2) is 8.42 Å². The van der Waals surface area contributed by atoms with Crippen LogP contribution in [0.25, 0.3) is 0 Å². The van der Waals surface area contributed by atoms with E-state index < -0.39 is 28.5 Å². The smallest absolute Gasteiger partial charge is 0.244 e. The summed E-state index contributed by atoms with van der Waals surface area (Å²) in [5.74, 6) is -0.717. The van der Waals surface area contributed by atoms with Gasteiger partial charge in [-0.15, -0.1) is 0 Å². The molecule has 7 nitrogen and oxygen atoms in total. The summed E-state index contributed by atoms with van der Waals surface area (Å²) in [4.78, 5) is 28.2. The zero-order valence-electron chi connectivity index (χ0n) is 20.4. The number of amides is 2. The molecule has 2 amide bonds. The fraction of sp³-hybridized carbons (Fsp3) is 0.440. The minimum Gasteiger partial charge on any atom is -0.352 e. The first-order chi connectivity index (χ1) is 16.0. The van der Waals surface area contributed by atoms with E-state index in [1.807, 2.05) is 52.0 Å². The van der Waals surface area contributed by atoms with Crippen LogP contribution in [0.5, 0.6) is 0 Å². The van der Waals surface area contributed by atoms with Gasteiger partial charge in [0.2, 0.25) is 21.8 Å². The first kappa shape index (κ1) is 27.7. The van der Waals surface area contributed by atoms with Crippen molar-refractivity contribution in [3.05, 3.63) is 64.7 Å². The van der Waals surface area contributed by atoms with Crippen molar-refractivity contribution in [2.45, 2.75) is 59.2 Å². The van der Waals surface area contributed by atoms with Gasteiger partial charge in [0, 0.05) is 17.6 Å². The van der Waals surface area contributed by atoms with Gasteiger partial charge in [-0.2, -0.15) is 0 Å². The first-order valence-corrected chi connectivity index (χ1v) is 13.6. The van der Waals surface area contributed by atoms with Gasteiger partial charge in [0.05, 0.1) is 11.9 Å². The number of benzene rings is 2. The van der Waals surface area contributed by atoms with Crippen molar-refractivity contribution < 1.29 is 18.0 Å². The van der Waals surface area contributed by atoms with Crippen molar-refractivity contribution >= 4 is 39.1 Å². The maximum atomic E-state index is 13.6. The molecule has 2 aromatic rings. The summed E-state index contributed by atoms with van der Waals surface area (Å²) in [6.07, 6.45) is 2.19. The van der Waals surface area contributed by atoms with Crippen molar-refractivity contribution in [3.8, 4) is 0 Å². The summed E-state index contributed by atoms with van der Waals surface area (Å²) in [6, 6.07) is 13.1. The van der Waals surface area contributed by atoms with Crippen LogP contribution in [0.2, 0.25) is 5.02 Å². The number of rotatable bonds is 11. The highest BCUT2D eigenvalue weighted by Gasteiger charge is 2.32. The number of sulfonamides is 1. The van der Waals surface area contributed by atoms with Gasteiger partial charge in [0.1, 0.15) is 12.6 Å². The van der Waals surface area contributed by atoms with Crippen molar-refractivity contribution in [3.63, 3.8) is 0 Å². The third kappa shape index (κ3) is 7.46. The molecule has 0 heterocycles. The summed E-state index contributed by atoms with van der Waals surface area (Å²) in [5.41, 5.74) is 2.20. The lowest BCUT2D eigenvalue weighted by molar-refractivity contribution is -0.140. The second-order valence-electron chi connectivity index (χ2n) is 8.44. The van der Waals surface area contributed by atoms with Gasteiger partial charge in [0.25, 0.3) is 0 Å². The molecule has 0 radical (unpaired) electrons. The second kappa shape index (κ2) is 12.2. The molecule has 0 saturated carbocycles. The van der Waals surface area contributed by atoms with Crippen LogP contribution >= 0.6 is 11.6 Å². The Morgan fingerprint density at radius 1 is 1.03 bits per heavy atom. The third-order valence-corrected chi connectivity index (χ3v) is 7.18. The van der Waals surface area contributed by atoms with Crippen molar-refractivity contribution in [1.82, 2.24) is 10.2 Å². The second-order valence-corrected chi connectivity index (χ2v) is 10.8. The Balaban J connectivity index is 2.44. The summed E-state index contributed by atoms with van der Waals surface area (Å²) >= 11 is 5.95. The van der Waals surface area contributed by atoms with E-state index in [9.17, 15) is 18.0 Å². The Hall–Kier alpha value is -2.58. The third-order valence-electron chi connectivity index (χ3n) is 5.78. The number of carbonyl (C=O) groups excluding carboxylic acids is 2. The van der Waals surface area contributed by atoms with Crippen LogP contribution < -0.4 is 9.62 Å². The molecule has 2 aromatic carbocycles. The van der Waals surface area contributed by atoms with E-state index >= 15 is 0 Å². The Kier molecular flexibility index (Phi) is 9.94. The molecule has 2 rings (SSSR count).